The van der Waals surface area contributed by atoms with Gasteiger partial charge in [-0.3, -0.25) is 19.1 Å². The van der Waals surface area contributed by atoms with Gasteiger partial charge in [0.05, 0.1) is 6.20 Å². The van der Waals surface area contributed by atoms with Gasteiger partial charge in [-0.1, -0.05) is 36.6 Å². The van der Waals surface area contributed by atoms with Crippen molar-refractivity contribution in [3.05, 3.63) is 70.4 Å². The Morgan fingerprint density at radius 1 is 1.05 bits per heavy atom. The van der Waals surface area contributed by atoms with Crippen molar-refractivity contribution in [2.45, 2.75) is 77.4 Å². The average molecular weight is 575 g/mol. The summed E-state index contributed by atoms with van der Waals surface area (Å²) in [4.78, 5) is 37.2. The number of anilines is 1. The first kappa shape index (κ1) is 29.8. The quantitative estimate of drug-likeness (QED) is 0.304. The number of pyridine rings is 1. The number of ether oxygens (including phenoxy) is 1. The molecule has 0 aliphatic heterocycles. The molecule has 0 radical (unpaired) electrons. The van der Waals surface area contributed by atoms with E-state index in [1.807, 2.05) is 0 Å². The summed E-state index contributed by atoms with van der Waals surface area (Å²) in [7, 11) is 0. The lowest BCUT2D eigenvalue weighted by Crippen LogP contribution is -2.23. The zero-order valence-corrected chi connectivity index (χ0v) is 22.5. The van der Waals surface area contributed by atoms with E-state index in [0.29, 0.717) is 49.5 Å². The molecule has 1 aliphatic carbocycles. The Morgan fingerprint density at radius 3 is 2.59 bits per heavy atom. The number of carbonyl (C=O) groups excluding carboxylic acids is 2. The van der Waals surface area contributed by atoms with Gasteiger partial charge in [0.2, 0.25) is 5.91 Å². The van der Waals surface area contributed by atoms with Crippen molar-refractivity contribution in [1.82, 2.24) is 24.9 Å². The number of amides is 2. The van der Waals surface area contributed by atoms with E-state index in [0.717, 1.165) is 12.8 Å². The van der Waals surface area contributed by atoms with Crippen LogP contribution in [0.4, 0.5) is 18.9 Å². The topological polar surface area (TPSA) is 120 Å². The molecular weight excluding hydrogens is 541 g/mol. The highest BCUT2D eigenvalue weighted by Crippen LogP contribution is 2.26. The van der Waals surface area contributed by atoms with Crippen LogP contribution in [0.25, 0.3) is 0 Å². The van der Waals surface area contributed by atoms with E-state index in [9.17, 15) is 27.6 Å². The van der Waals surface area contributed by atoms with E-state index >= 15 is 0 Å². The molecule has 4 rings (SSSR count). The molecular formula is C28H33F3N6O4. The van der Waals surface area contributed by atoms with Crippen LogP contribution in [0.1, 0.15) is 67.4 Å². The number of aromatic nitrogens is 4. The molecule has 2 aromatic heterocycles. The first-order chi connectivity index (χ1) is 19.6. The molecule has 0 spiro atoms. The molecule has 3 aromatic rings. The van der Waals surface area contributed by atoms with E-state index in [1.165, 1.54) is 54.4 Å². The SMILES string of the molecule is O=C(CC1CCCCC1)Nc1ccn(CCCCn2cc(C(=O)NCc3cccc(OC(F)(F)F)c3)nn2)c(=O)c1. The zero-order valence-electron chi connectivity index (χ0n) is 22.5. The lowest BCUT2D eigenvalue weighted by molar-refractivity contribution is -0.274. The molecule has 0 atom stereocenters. The third kappa shape index (κ3) is 9.76. The van der Waals surface area contributed by atoms with Crippen molar-refractivity contribution in [1.29, 1.82) is 0 Å². The summed E-state index contributed by atoms with van der Waals surface area (Å²) >= 11 is 0. The number of halogens is 3. The number of aryl methyl sites for hydroxylation is 2. The van der Waals surface area contributed by atoms with Crippen molar-refractivity contribution in [2.75, 3.05) is 5.32 Å². The van der Waals surface area contributed by atoms with Crippen LogP contribution < -0.4 is 20.9 Å². The van der Waals surface area contributed by atoms with Gasteiger partial charge in [-0.15, -0.1) is 18.3 Å². The minimum absolute atomic E-state index is 0.0154. The zero-order chi connectivity index (χ0) is 29.2. The minimum Gasteiger partial charge on any atom is -0.406 e. The molecule has 1 aromatic carbocycles. The van der Waals surface area contributed by atoms with Gasteiger partial charge in [0, 0.05) is 44.0 Å². The van der Waals surface area contributed by atoms with Gasteiger partial charge in [-0.2, -0.15) is 0 Å². The van der Waals surface area contributed by atoms with Crippen LogP contribution in [0.3, 0.4) is 0 Å². The third-order valence-corrected chi connectivity index (χ3v) is 6.87. The summed E-state index contributed by atoms with van der Waals surface area (Å²) in [5.74, 6) is -0.520. The Kier molecular flexibility index (Phi) is 10.1. The van der Waals surface area contributed by atoms with Crippen LogP contribution in [-0.4, -0.2) is 37.7 Å². The molecule has 1 fully saturated rings. The van der Waals surface area contributed by atoms with Gasteiger partial charge >= 0.3 is 6.36 Å². The van der Waals surface area contributed by atoms with E-state index in [2.05, 4.69) is 25.7 Å². The summed E-state index contributed by atoms with van der Waals surface area (Å²) < 4.78 is 44.2. The van der Waals surface area contributed by atoms with Gasteiger partial charge in [0.25, 0.3) is 11.5 Å². The lowest BCUT2D eigenvalue weighted by atomic mass is 9.87. The molecule has 2 N–H and O–H groups in total. The van der Waals surface area contributed by atoms with Gasteiger partial charge in [-0.25, -0.2) is 0 Å². The van der Waals surface area contributed by atoms with Crippen LogP contribution in [0.15, 0.2) is 53.6 Å². The Labute approximate surface area is 234 Å². The fourth-order valence-electron chi connectivity index (χ4n) is 4.83. The van der Waals surface area contributed by atoms with Gasteiger partial charge in [-0.05, 0) is 55.4 Å². The van der Waals surface area contributed by atoms with Crippen LogP contribution in [-0.2, 0) is 24.4 Å². The van der Waals surface area contributed by atoms with Gasteiger partial charge in [0.15, 0.2) is 5.69 Å². The normalized spacial score (nSPS) is 14.0. The smallest absolute Gasteiger partial charge is 0.406 e. The largest absolute Gasteiger partial charge is 0.573 e. The molecule has 41 heavy (non-hydrogen) atoms. The number of hydrogen-bond donors (Lipinski definition) is 2. The molecule has 0 saturated heterocycles. The average Bonchev–Trinajstić information content (AvgIpc) is 3.40. The van der Waals surface area contributed by atoms with Crippen molar-refractivity contribution in [2.24, 2.45) is 5.92 Å². The summed E-state index contributed by atoms with van der Waals surface area (Å²) in [6.07, 6.45) is 5.93. The second-order valence-electron chi connectivity index (χ2n) is 10.2. The van der Waals surface area contributed by atoms with Crippen LogP contribution in [0.2, 0.25) is 0 Å². The van der Waals surface area contributed by atoms with Crippen LogP contribution in [0, 0.1) is 5.92 Å². The molecule has 1 aliphatic rings. The number of benzene rings is 1. The predicted molar refractivity (Wildman–Crippen MR) is 144 cm³/mol. The highest BCUT2D eigenvalue weighted by atomic mass is 19.4. The first-order valence-electron chi connectivity index (χ1n) is 13.7. The second-order valence-corrected chi connectivity index (χ2v) is 10.2. The minimum atomic E-state index is -4.80. The Hall–Kier alpha value is -4.16. The second kappa shape index (κ2) is 14.0. The Morgan fingerprint density at radius 2 is 1.83 bits per heavy atom. The highest BCUT2D eigenvalue weighted by molar-refractivity contribution is 5.91. The maximum atomic E-state index is 12.5. The Bertz CT molecular complexity index is 1380. The number of unbranched alkanes of at least 4 members (excludes halogenated alkanes) is 1. The van der Waals surface area contributed by atoms with Crippen LogP contribution in [0.5, 0.6) is 5.75 Å². The van der Waals surface area contributed by atoms with Crippen molar-refractivity contribution < 1.29 is 27.5 Å². The van der Waals surface area contributed by atoms with E-state index in [-0.39, 0.29) is 29.5 Å². The summed E-state index contributed by atoms with van der Waals surface area (Å²) in [6, 6.07) is 8.49. The van der Waals surface area contributed by atoms with Crippen molar-refractivity contribution >= 4 is 17.5 Å². The molecule has 220 valence electrons. The maximum absolute atomic E-state index is 12.5. The number of nitrogens with zero attached hydrogens (tertiary/aromatic N) is 4. The Balaban J connectivity index is 1.17. The predicted octanol–water partition coefficient (Wildman–Crippen LogP) is 4.66. The number of nitrogens with one attached hydrogen (secondary N) is 2. The highest BCUT2D eigenvalue weighted by Gasteiger charge is 2.31. The molecule has 2 heterocycles. The standard InChI is InChI=1S/C28H33F3N6O4/c29-28(30,31)41-23-10-6-9-21(15-23)18-32-27(40)24-19-37(35-34-24)13-5-4-12-36-14-11-22(17-26(36)39)33-25(38)16-20-7-2-1-3-8-20/h6,9-11,14-15,17,19-20H,1-5,7-8,12-13,16,18H2,(H,32,40)(H,33,38). The van der Waals surface area contributed by atoms with E-state index in [4.69, 9.17) is 0 Å². The molecule has 2 amide bonds. The fourth-order valence-corrected chi connectivity index (χ4v) is 4.83. The van der Waals surface area contributed by atoms with Crippen LogP contribution >= 0.6 is 0 Å². The fraction of sp³-hybridized carbons (Fsp3) is 0.464. The molecule has 10 nitrogen and oxygen atoms in total. The van der Waals surface area contributed by atoms with Gasteiger partial charge < -0.3 is 19.9 Å². The van der Waals surface area contributed by atoms with E-state index in [1.54, 1.807) is 22.9 Å². The summed E-state index contributed by atoms with van der Waals surface area (Å²) in [5, 5.41) is 13.2. The third-order valence-electron chi connectivity index (χ3n) is 6.87. The van der Waals surface area contributed by atoms with Crippen molar-refractivity contribution in [3.63, 3.8) is 0 Å². The molecule has 13 heteroatoms. The monoisotopic (exact) mass is 574 g/mol. The number of carbonyl (C=O) groups is 2. The van der Waals surface area contributed by atoms with Gasteiger partial charge in [0.1, 0.15) is 5.75 Å². The molecule has 0 bridgehead atoms. The molecule has 1 saturated carbocycles. The number of hydrogen-bond acceptors (Lipinski definition) is 6. The number of alkyl halides is 3. The maximum Gasteiger partial charge on any atom is 0.573 e. The lowest BCUT2D eigenvalue weighted by Gasteiger charge is -2.20. The van der Waals surface area contributed by atoms with Crippen molar-refractivity contribution in [3.8, 4) is 5.75 Å². The number of rotatable bonds is 12. The molecule has 0 unspecified atom stereocenters. The summed E-state index contributed by atoms with van der Waals surface area (Å²) in [6.45, 7) is 0.938. The van der Waals surface area contributed by atoms with E-state index < -0.39 is 12.3 Å². The summed E-state index contributed by atoms with van der Waals surface area (Å²) in [5.41, 5.74) is 0.807. The first-order valence-corrected chi connectivity index (χ1v) is 13.7.